The van der Waals surface area contributed by atoms with Crippen LogP contribution in [0.1, 0.15) is 101 Å². The van der Waals surface area contributed by atoms with Crippen molar-refractivity contribution in [3.63, 3.8) is 0 Å². The number of nitrogens with zero attached hydrogens (tertiary/aromatic N) is 5. The van der Waals surface area contributed by atoms with Gasteiger partial charge in [-0.15, -0.1) is 0 Å². The van der Waals surface area contributed by atoms with Crippen LogP contribution in [0.15, 0.2) is 6.33 Å². The number of piperidine rings is 2. The lowest BCUT2D eigenvalue weighted by Crippen LogP contribution is -2.62. The fraction of sp³-hybridized carbons (Fsp3) is 0.885. The maximum absolute atomic E-state index is 5.06. The Morgan fingerprint density at radius 2 is 1.24 bits per heavy atom. The molecular formula is C26H49N7. The minimum Gasteiger partial charge on any atom is -0.341 e. The van der Waals surface area contributed by atoms with Crippen molar-refractivity contribution in [3.05, 3.63) is 6.33 Å². The molecule has 1 aromatic heterocycles. The van der Waals surface area contributed by atoms with E-state index < -0.39 is 0 Å². The second kappa shape index (κ2) is 9.29. The monoisotopic (exact) mass is 459 g/mol. The zero-order valence-electron chi connectivity index (χ0n) is 22.9. The van der Waals surface area contributed by atoms with E-state index in [9.17, 15) is 0 Å². The molecule has 0 amide bonds. The van der Waals surface area contributed by atoms with Crippen molar-refractivity contribution in [3.8, 4) is 0 Å². The largest absolute Gasteiger partial charge is 0.341 e. The lowest BCUT2D eigenvalue weighted by molar-refractivity contribution is 0.157. The molecule has 2 N–H and O–H groups in total. The van der Waals surface area contributed by atoms with E-state index >= 15 is 0 Å². The van der Waals surface area contributed by atoms with Crippen LogP contribution in [0.3, 0.4) is 0 Å². The predicted molar refractivity (Wildman–Crippen MR) is 139 cm³/mol. The Bertz CT molecular complexity index is 770. The van der Waals surface area contributed by atoms with E-state index in [1.165, 1.54) is 0 Å². The van der Waals surface area contributed by atoms with Gasteiger partial charge in [-0.3, -0.25) is 0 Å². The third kappa shape index (κ3) is 6.78. The standard InChI is InChI=1S/C26H49N7/c1-11-12-13-33(20-16-25(6,7)31-26(8,9)17-20)22-28-18-27-21(29-22)32(10)19-14-23(2,3)30-24(4,5)15-19/h18-20,30-31H,11-17H2,1-10H3. The smallest absolute Gasteiger partial charge is 0.230 e. The Hall–Kier alpha value is -1.47. The summed E-state index contributed by atoms with van der Waals surface area (Å²) in [5.41, 5.74) is 0.317. The zero-order chi connectivity index (χ0) is 24.7. The summed E-state index contributed by atoms with van der Waals surface area (Å²) in [7, 11) is 2.15. The van der Waals surface area contributed by atoms with Crippen molar-refractivity contribution in [2.45, 2.75) is 135 Å². The van der Waals surface area contributed by atoms with Crippen molar-refractivity contribution < 1.29 is 0 Å². The first-order valence-electron chi connectivity index (χ1n) is 12.9. The van der Waals surface area contributed by atoms with E-state index in [0.717, 1.165) is 57.0 Å². The van der Waals surface area contributed by atoms with E-state index in [4.69, 9.17) is 9.97 Å². The van der Waals surface area contributed by atoms with Crippen LogP contribution in [0.2, 0.25) is 0 Å². The lowest BCUT2D eigenvalue weighted by Gasteiger charge is -2.50. The molecule has 0 spiro atoms. The van der Waals surface area contributed by atoms with Crippen molar-refractivity contribution >= 4 is 11.9 Å². The van der Waals surface area contributed by atoms with Gasteiger partial charge in [0.1, 0.15) is 6.33 Å². The van der Waals surface area contributed by atoms with Gasteiger partial charge in [0.05, 0.1) is 0 Å². The van der Waals surface area contributed by atoms with Crippen LogP contribution in [-0.2, 0) is 0 Å². The molecule has 2 saturated heterocycles. The SMILES string of the molecule is CCCCN(c1ncnc(N(C)C2CC(C)(C)NC(C)(C)C2)n1)C1CC(C)(C)NC(C)(C)C1. The molecule has 7 heteroatoms. The van der Waals surface area contributed by atoms with Gasteiger partial charge in [-0.25, -0.2) is 9.97 Å². The normalized spacial score (nSPS) is 24.4. The van der Waals surface area contributed by atoms with E-state index in [2.05, 4.69) is 94.8 Å². The summed E-state index contributed by atoms with van der Waals surface area (Å²) in [6.45, 7) is 21.6. The summed E-state index contributed by atoms with van der Waals surface area (Å²) in [5.74, 6) is 1.61. The second-order valence-electron chi connectivity index (χ2n) is 13.2. The Balaban J connectivity index is 1.88. The quantitative estimate of drug-likeness (QED) is 0.621. The molecule has 0 unspecified atom stereocenters. The highest BCUT2D eigenvalue weighted by Crippen LogP contribution is 2.35. The number of nitrogens with one attached hydrogen (secondary N) is 2. The fourth-order valence-electron chi connectivity index (χ4n) is 6.56. The maximum atomic E-state index is 5.06. The van der Waals surface area contributed by atoms with Crippen LogP contribution in [0, 0.1) is 0 Å². The number of aromatic nitrogens is 3. The van der Waals surface area contributed by atoms with Crippen molar-refractivity contribution in [2.75, 3.05) is 23.4 Å². The third-order valence-electron chi connectivity index (χ3n) is 7.20. The molecule has 3 rings (SSSR count). The van der Waals surface area contributed by atoms with E-state index in [1.807, 2.05) is 0 Å². The number of anilines is 2. The van der Waals surface area contributed by atoms with Crippen LogP contribution in [0.25, 0.3) is 0 Å². The third-order valence-corrected chi connectivity index (χ3v) is 7.20. The van der Waals surface area contributed by atoms with Gasteiger partial charge in [-0.05, 0) is 87.5 Å². The molecule has 1 aromatic rings. The van der Waals surface area contributed by atoms with E-state index in [-0.39, 0.29) is 22.2 Å². The molecule has 7 nitrogen and oxygen atoms in total. The molecule has 188 valence electrons. The van der Waals surface area contributed by atoms with Gasteiger partial charge >= 0.3 is 0 Å². The second-order valence-corrected chi connectivity index (χ2v) is 13.2. The summed E-state index contributed by atoms with van der Waals surface area (Å²) in [4.78, 5) is 19.1. The Kier molecular flexibility index (Phi) is 7.36. The molecule has 0 aliphatic carbocycles. The number of hydrogen-bond donors (Lipinski definition) is 2. The summed E-state index contributed by atoms with van der Waals surface area (Å²) in [6, 6.07) is 0.785. The van der Waals surface area contributed by atoms with Gasteiger partial charge in [0.2, 0.25) is 11.9 Å². The highest BCUT2D eigenvalue weighted by atomic mass is 15.4. The minimum absolute atomic E-state index is 0.0792. The van der Waals surface area contributed by atoms with Gasteiger partial charge in [-0.2, -0.15) is 4.98 Å². The van der Waals surface area contributed by atoms with Gasteiger partial charge < -0.3 is 20.4 Å². The van der Waals surface area contributed by atoms with Crippen LogP contribution in [0.4, 0.5) is 11.9 Å². The highest BCUT2D eigenvalue weighted by Gasteiger charge is 2.42. The van der Waals surface area contributed by atoms with Crippen molar-refractivity contribution in [1.29, 1.82) is 0 Å². The molecule has 0 saturated carbocycles. The summed E-state index contributed by atoms with van der Waals surface area (Å²) in [6.07, 6.45) is 8.28. The predicted octanol–water partition coefficient (Wildman–Crippen LogP) is 4.53. The highest BCUT2D eigenvalue weighted by molar-refractivity contribution is 5.40. The molecule has 0 aromatic carbocycles. The molecule has 33 heavy (non-hydrogen) atoms. The summed E-state index contributed by atoms with van der Waals surface area (Å²) in [5, 5.41) is 7.60. The topological polar surface area (TPSA) is 69.2 Å². The molecular weight excluding hydrogens is 410 g/mol. The van der Waals surface area contributed by atoms with Crippen molar-refractivity contribution in [1.82, 2.24) is 25.6 Å². The maximum Gasteiger partial charge on any atom is 0.230 e. The van der Waals surface area contributed by atoms with E-state index in [0.29, 0.717) is 12.1 Å². The van der Waals surface area contributed by atoms with Crippen LogP contribution in [-0.4, -0.2) is 62.8 Å². The Morgan fingerprint density at radius 3 is 1.73 bits per heavy atom. The Morgan fingerprint density at radius 1 is 0.788 bits per heavy atom. The van der Waals surface area contributed by atoms with Gasteiger partial charge in [0, 0.05) is 47.8 Å². The average molecular weight is 460 g/mol. The van der Waals surface area contributed by atoms with E-state index in [1.54, 1.807) is 6.33 Å². The van der Waals surface area contributed by atoms with Gasteiger partial charge in [0.15, 0.2) is 0 Å². The van der Waals surface area contributed by atoms with Gasteiger partial charge in [-0.1, -0.05) is 13.3 Å². The first-order valence-corrected chi connectivity index (χ1v) is 12.9. The minimum atomic E-state index is 0.0792. The number of hydrogen-bond acceptors (Lipinski definition) is 7. The first-order chi connectivity index (χ1) is 15.1. The number of rotatable bonds is 7. The summed E-state index contributed by atoms with van der Waals surface area (Å²) >= 11 is 0. The molecule has 2 aliphatic rings. The Labute approximate surface area is 202 Å². The molecule has 2 aliphatic heterocycles. The fourth-order valence-corrected chi connectivity index (χ4v) is 6.56. The lowest BCUT2D eigenvalue weighted by atomic mass is 9.79. The zero-order valence-corrected chi connectivity index (χ0v) is 22.9. The average Bonchev–Trinajstić information content (AvgIpc) is 2.63. The molecule has 0 bridgehead atoms. The summed E-state index contributed by atoms with van der Waals surface area (Å²) < 4.78 is 0. The van der Waals surface area contributed by atoms with Crippen LogP contribution in [0.5, 0.6) is 0 Å². The molecule has 0 atom stereocenters. The van der Waals surface area contributed by atoms with Gasteiger partial charge in [0.25, 0.3) is 0 Å². The number of unbranched alkanes of at least 4 members (excludes halogenated alkanes) is 1. The molecule has 2 fully saturated rings. The first kappa shape index (κ1) is 26.1. The molecule has 3 heterocycles. The van der Waals surface area contributed by atoms with Crippen molar-refractivity contribution in [2.24, 2.45) is 0 Å². The molecule has 0 radical (unpaired) electrons. The van der Waals surface area contributed by atoms with Crippen LogP contribution < -0.4 is 20.4 Å². The van der Waals surface area contributed by atoms with Crippen LogP contribution >= 0.6 is 0 Å².